The average Bonchev–Trinajstić information content (AvgIpc) is 2.42. The fraction of sp³-hybridized carbons (Fsp3) is 0.600. The highest BCUT2D eigenvalue weighted by atomic mass is 16.7. The maximum Gasteiger partial charge on any atom is 0.321 e. The molecule has 0 aromatic rings. The Morgan fingerprint density at radius 2 is 2.57 bits per heavy atom. The lowest BCUT2D eigenvalue weighted by molar-refractivity contribution is 0.155. The largest absolute Gasteiger partial charge is 0.463 e. The maximum absolute atomic E-state index is 4.94. The second kappa shape index (κ2) is 1.87. The predicted octanol–water partition coefficient (Wildman–Crippen LogP) is 1.24. The van der Waals surface area contributed by atoms with Crippen LogP contribution in [0.2, 0.25) is 0 Å². The van der Waals surface area contributed by atoms with Gasteiger partial charge in [0.15, 0.2) is 6.26 Å². The normalized spacial score (nSPS) is 14.7. The van der Waals surface area contributed by atoms with Crippen molar-refractivity contribution < 1.29 is 9.47 Å². The second-order valence-electron chi connectivity index (χ2n) is 1.40. The minimum absolute atomic E-state index is 0.682. The van der Waals surface area contributed by atoms with Crippen molar-refractivity contribution >= 4 is 0 Å². The zero-order chi connectivity index (χ0) is 5.11. The van der Waals surface area contributed by atoms with Crippen LogP contribution in [0.1, 0.15) is 13.3 Å². The molecule has 0 saturated carbocycles. The van der Waals surface area contributed by atoms with Crippen LogP contribution >= 0.6 is 0 Å². The van der Waals surface area contributed by atoms with E-state index in [0.717, 1.165) is 13.0 Å². The molecule has 1 aliphatic heterocycles. The fourth-order valence-electron chi connectivity index (χ4n) is 0.295. The molecule has 2 nitrogen and oxygen atoms in total. The molecule has 0 aromatic carbocycles. The highest BCUT2D eigenvalue weighted by Gasteiger charge is 2.08. The molecule has 1 heterocycles. The molecule has 0 aromatic heterocycles. The maximum atomic E-state index is 4.94. The minimum Gasteiger partial charge on any atom is -0.463 e. The number of ether oxygens (including phenoxy) is 2. The van der Waals surface area contributed by atoms with Gasteiger partial charge in [-0.05, 0) is 6.42 Å². The topological polar surface area (TPSA) is 21.8 Å². The van der Waals surface area contributed by atoms with Gasteiger partial charge < -0.3 is 9.47 Å². The van der Waals surface area contributed by atoms with Crippen LogP contribution in [-0.4, -0.2) is 6.61 Å². The van der Waals surface area contributed by atoms with Gasteiger partial charge >= 0.3 is 5.95 Å². The van der Waals surface area contributed by atoms with E-state index in [9.17, 15) is 0 Å². The van der Waals surface area contributed by atoms with E-state index in [4.69, 9.17) is 4.74 Å². The molecule has 0 fully saturated rings. The molecule has 7 heavy (non-hydrogen) atoms. The first-order valence-corrected chi connectivity index (χ1v) is 2.43. The molecule has 0 aliphatic carbocycles. The second-order valence-corrected chi connectivity index (χ2v) is 1.40. The minimum atomic E-state index is 0.682. The van der Waals surface area contributed by atoms with Crippen molar-refractivity contribution in [1.82, 2.24) is 0 Å². The molecule has 0 amide bonds. The van der Waals surface area contributed by atoms with Crippen molar-refractivity contribution in [2.45, 2.75) is 13.3 Å². The van der Waals surface area contributed by atoms with E-state index in [1.54, 1.807) is 6.26 Å². The van der Waals surface area contributed by atoms with Crippen LogP contribution in [0.5, 0.6) is 0 Å². The van der Waals surface area contributed by atoms with Crippen LogP contribution in [0.25, 0.3) is 0 Å². The highest BCUT2D eigenvalue weighted by Crippen LogP contribution is 2.13. The predicted molar refractivity (Wildman–Crippen MR) is 25.4 cm³/mol. The monoisotopic (exact) mass is 100 g/mol. The molecule has 0 radical (unpaired) electrons. The molecule has 0 atom stereocenters. The SMILES string of the molecule is CCCOC1=CO1. The lowest BCUT2D eigenvalue weighted by Gasteiger charge is -1.91. The van der Waals surface area contributed by atoms with Crippen molar-refractivity contribution in [3.8, 4) is 0 Å². The Labute approximate surface area is 42.7 Å². The Bertz CT molecular complexity index is 86.1. The Kier molecular flexibility index (Phi) is 1.20. The van der Waals surface area contributed by atoms with Crippen LogP contribution in [0.4, 0.5) is 0 Å². The van der Waals surface area contributed by atoms with Crippen molar-refractivity contribution in [1.29, 1.82) is 0 Å². The summed E-state index contributed by atoms with van der Waals surface area (Å²) >= 11 is 0. The first-order chi connectivity index (χ1) is 3.43. The van der Waals surface area contributed by atoms with Gasteiger partial charge in [0, 0.05) is 0 Å². The molecular formula is C5H8O2. The van der Waals surface area contributed by atoms with E-state index in [0.29, 0.717) is 5.95 Å². The van der Waals surface area contributed by atoms with Gasteiger partial charge in [0.05, 0.1) is 6.61 Å². The summed E-state index contributed by atoms with van der Waals surface area (Å²) in [5, 5.41) is 0. The standard InChI is InChI=1S/C5H8O2/c1-2-3-6-5-4-7-5/h4H,2-3H2,1H3. The molecule has 40 valence electrons. The summed E-state index contributed by atoms with van der Waals surface area (Å²) in [6.07, 6.45) is 2.64. The third-order valence-corrected chi connectivity index (χ3v) is 0.663. The molecule has 0 N–H and O–H groups in total. The Balaban J connectivity index is 1.89. The van der Waals surface area contributed by atoms with E-state index < -0.39 is 0 Å². The number of hydrogen-bond donors (Lipinski definition) is 0. The van der Waals surface area contributed by atoms with Gasteiger partial charge in [0.25, 0.3) is 0 Å². The fourth-order valence-corrected chi connectivity index (χ4v) is 0.295. The molecule has 0 spiro atoms. The van der Waals surface area contributed by atoms with Crippen LogP contribution in [0.15, 0.2) is 12.2 Å². The summed E-state index contributed by atoms with van der Waals surface area (Å²) < 4.78 is 9.52. The lowest BCUT2D eigenvalue weighted by Crippen LogP contribution is -1.83. The number of hydrogen-bond acceptors (Lipinski definition) is 2. The van der Waals surface area contributed by atoms with E-state index >= 15 is 0 Å². The van der Waals surface area contributed by atoms with E-state index in [1.807, 2.05) is 0 Å². The zero-order valence-electron chi connectivity index (χ0n) is 4.31. The van der Waals surface area contributed by atoms with Gasteiger partial charge in [-0.3, -0.25) is 0 Å². The molecule has 2 heteroatoms. The van der Waals surface area contributed by atoms with Crippen molar-refractivity contribution in [2.24, 2.45) is 0 Å². The van der Waals surface area contributed by atoms with E-state index in [1.165, 1.54) is 0 Å². The van der Waals surface area contributed by atoms with Crippen molar-refractivity contribution in [3.63, 3.8) is 0 Å². The first-order valence-electron chi connectivity index (χ1n) is 2.43. The Morgan fingerprint density at radius 3 is 3.00 bits per heavy atom. The van der Waals surface area contributed by atoms with Gasteiger partial charge in [0.2, 0.25) is 0 Å². The van der Waals surface area contributed by atoms with E-state index in [-0.39, 0.29) is 0 Å². The first kappa shape index (κ1) is 4.50. The number of rotatable bonds is 3. The van der Waals surface area contributed by atoms with Crippen molar-refractivity contribution in [3.05, 3.63) is 12.2 Å². The molecular weight excluding hydrogens is 92.1 g/mol. The Hall–Kier alpha value is -0.660. The van der Waals surface area contributed by atoms with Crippen LogP contribution < -0.4 is 0 Å². The molecule has 0 saturated heterocycles. The van der Waals surface area contributed by atoms with Gasteiger partial charge in [-0.2, -0.15) is 0 Å². The summed E-state index contributed by atoms with van der Waals surface area (Å²) in [7, 11) is 0. The van der Waals surface area contributed by atoms with Crippen LogP contribution in [0, 0.1) is 0 Å². The summed E-state index contributed by atoms with van der Waals surface area (Å²) in [5.74, 6) is 0.682. The summed E-state index contributed by atoms with van der Waals surface area (Å²) in [6.45, 7) is 2.83. The summed E-state index contributed by atoms with van der Waals surface area (Å²) in [6, 6.07) is 0. The lowest BCUT2D eigenvalue weighted by atomic mass is 10.5. The smallest absolute Gasteiger partial charge is 0.321 e. The van der Waals surface area contributed by atoms with Crippen LogP contribution in [-0.2, 0) is 9.47 Å². The summed E-state index contributed by atoms with van der Waals surface area (Å²) in [4.78, 5) is 0. The van der Waals surface area contributed by atoms with Gasteiger partial charge in [0.1, 0.15) is 0 Å². The van der Waals surface area contributed by atoms with Gasteiger partial charge in [-0.15, -0.1) is 0 Å². The molecule has 0 bridgehead atoms. The average molecular weight is 100 g/mol. The van der Waals surface area contributed by atoms with Gasteiger partial charge in [-0.25, -0.2) is 0 Å². The van der Waals surface area contributed by atoms with Gasteiger partial charge in [-0.1, -0.05) is 6.92 Å². The zero-order valence-corrected chi connectivity index (χ0v) is 4.31. The molecule has 1 rings (SSSR count). The van der Waals surface area contributed by atoms with Crippen LogP contribution in [0.3, 0.4) is 0 Å². The summed E-state index contributed by atoms with van der Waals surface area (Å²) in [5.41, 5.74) is 0. The quantitative estimate of drug-likeness (QED) is 0.532. The van der Waals surface area contributed by atoms with Crippen molar-refractivity contribution in [2.75, 3.05) is 6.61 Å². The third kappa shape index (κ3) is 1.48. The molecule has 0 unspecified atom stereocenters. The Morgan fingerprint density at radius 1 is 1.86 bits per heavy atom. The third-order valence-electron chi connectivity index (χ3n) is 0.663. The highest BCUT2D eigenvalue weighted by molar-refractivity contribution is 4.91. The van der Waals surface area contributed by atoms with E-state index in [2.05, 4.69) is 11.7 Å². The molecule has 1 aliphatic rings.